The summed E-state index contributed by atoms with van der Waals surface area (Å²) in [6.07, 6.45) is 2.41. The van der Waals surface area contributed by atoms with E-state index in [-0.39, 0.29) is 11.8 Å². The Kier molecular flexibility index (Phi) is 2.19. The summed E-state index contributed by atoms with van der Waals surface area (Å²) in [4.78, 5) is 14.6. The Bertz CT molecular complexity index is 392. The number of aliphatic carboxylic acids is 1. The number of carboxylic acids is 1. The fourth-order valence-electron chi connectivity index (χ4n) is 1.73. The van der Waals surface area contributed by atoms with E-state index in [0.717, 1.165) is 17.5 Å². The van der Waals surface area contributed by atoms with Crippen molar-refractivity contribution >= 4 is 17.6 Å². The molecule has 1 heterocycles. The number of aryl methyl sites for hydroxylation is 1. The van der Waals surface area contributed by atoms with Gasteiger partial charge in [-0.2, -0.15) is 0 Å². The average molecular weight is 212 g/mol. The van der Waals surface area contributed by atoms with Crippen LogP contribution in [0.5, 0.6) is 0 Å². The van der Waals surface area contributed by atoms with Crippen LogP contribution in [0.3, 0.4) is 0 Å². The average Bonchev–Trinajstić information content (AvgIpc) is 2.83. The van der Waals surface area contributed by atoms with Crippen molar-refractivity contribution in [3.05, 3.63) is 28.5 Å². The highest BCUT2D eigenvalue weighted by molar-refractivity contribution is 6.29. The number of halogens is 1. The summed E-state index contributed by atoms with van der Waals surface area (Å²) in [7, 11) is 0. The van der Waals surface area contributed by atoms with Crippen LogP contribution in [0, 0.1) is 12.8 Å². The minimum Gasteiger partial charge on any atom is -0.481 e. The number of pyridine rings is 1. The van der Waals surface area contributed by atoms with E-state index in [2.05, 4.69) is 4.98 Å². The number of carboxylic acid groups (broad SMARTS) is 1. The van der Waals surface area contributed by atoms with Crippen molar-refractivity contribution in [2.75, 3.05) is 0 Å². The van der Waals surface area contributed by atoms with Crippen molar-refractivity contribution in [2.24, 2.45) is 5.92 Å². The summed E-state index contributed by atoms with van der Waals surface area (Å²) in [6, 6.07) is 1.77. The summed E-state index contributed by atoms with van der Waals surface area (Å²) in [5.41, 5.74) is 2.04. The lowest BCUT2D eigenvalue weighted by molar-refractivity contribution is -0.138. The monoisotopic (exact) mass is 211 g/mol. The molecule has 0 radical (unpaired) electrons. The lowest BCUT2D eigenvalue weighted by Gasteiger charge is -2.03. The van der Waals surface area contributed by atoms with Crippen LogP contribution in [-0.4, -0.2) is 16.1 Å². The van der Waals surface area contributed by atoms with E-state index in [1.165, 1.54) is 0 Å². The topological polar surface area (TPSA) is 50.2 Å². The van der Waals surface area contributed by atoms with Gasteiger partial charge in [0, 0.05) is 6.20 Å². The summed E-state index contributed by atoms with van der Waals surface area (Å²) < 4.78 is 0. The molecule has 0 saturated heterocycles. The highest BCUT2D eigenvalue weighted by Gasteiger charge is 2.44. The molecule has 0 aliphatic heterocycles. The van der Waals surface area contributed by atoms with Crippen LogP contribution in [0.25, 0.3) is 0 Å². The standard InChI is InChI=1S/C10H10ClNO2/c1-5-2-9(11)12-4-8(5)6-3-7(6)10(13)14/h2,4,6-7H,3H2,1H3,(H,13,14). The molecule has 2 atom stereocenters. The Morgan fingerprint density at radius 2 is 2.43 bits per heavy atom. The van der Waals surface area contributed by atoms with Crippen LogP contribution in [0.1, 0.15) is 23.5 Å². The molecule has 74 valence electrons. The van der Waals surface area contributed by atoms with Crippen molar-refractivity contribution in [3.63, 3.8) is 0 Å². The highest BCUT2D eigenvalue weighted by Crippen LogP contribution is 2.48. The van der Waals surface area contributed by atoms with Crippen LogP contribution in [0.2, 0.25) is 5.15 Å². The quantitative estimate of drug-likeness (QED) is 0.764. The van der Waals surface area contributed by atoms with Gasteiger partial charge in [0.05, 0.1) is 5.92 Å². The number of hydrogen-bond donors (Lipinski definition) is 1. The van der Waals surface area contributed by atoms with Crippen molar-refractivity contribution < 1.29 is 9.90 Å². The first-order chi connectivity index (χ1) is 6.59. The Balaban J connectivity index is 2.23. The van der Waals surface area contributed by atoms with Crippen molar-refractivity contribution in [1.82, 2.24) is 4.98 Å². The van der Waals surface area contributed by atoms with Gasteiger partial charge in [-0.3, -0.25) is 4.79 Å². The maximum absolute atomic E-state index is 10.7. The van der Waals surface area contributed by atoms with Crippen LogP contribution >= 0.6 is 11.6 Å². The Morgan fingerprint density at radius 1 is 1.71 bits per heavy atom. The Morgan fingerprint density at radius 3 is 2.93 bits per heavy atom. The molecule has 2 unspecified atom stereocenters. The molecule has 0 bridgehead atoms. The van der Waals surface area contributed by atoms with Gasteiger partial charge in [-0.05, 0) is 36.5 Å². The van der Waals surface area contributed by atoms with Crippen LogP contribution in [0.4, 0.5) is 0 Å². The van der Waals surface area contributed by atoms with Crippen molar-refractivity contribution in [3.8, 4) is 0 Å². The molecule has 1 aliphatic carbocycles. The zero-order valence-corrected chi connectivity index (χ0v) is 8.45. The predicted octanol–water partition coefficient (Wildman–Crippen LogP) is 2.23. The van der Waals surface area contributed by atoms with Crippen LogP contribution < -0.4 is 0 Å². The Hall–Kier alpha value is -1.09. The third-order valence-electron chi connectivity index (χ3n) is 2.63. The van der Waals surface area contributed by atoms with Gasteiger partial charge in [0.15, 0.2) is 0 Å². The summed E-state index contributed by atoms with van der Waals surface area (Å²) >= 11 is 5.71. The molecule has 1 fully saturated rings. The third-order valence-corrected chi connectivity index (χ3v) is 2.83. The molecular weight excluding hydrogens is 202 g/mol. The molecular formula is C10H10ClNO2. The van der Waals surface area contributed by atoms with E-state index in [4.69, 9.17) is 16.7 Å². The van der Waals surface area contributed by atoms with Gasteiger partial charge in [-0.1, -0.05) is 11.6 Å². The zero-order chi connectivity index (χ0) is 10.3. The predicted molar refractivity (Wildman–Crippen MR) is 52.5 cm³/mol. The summed E-state index contributed by atoms with van der Waals surface area (Å²) in [5, 5.41) is 9.24. The SMILES string of the molecule is Cc1cc(Cl)ncc1C1CC1C(=O)O. The normalized spacial score (nSPS) is 24.7. The first-order valence-corrected chi connectivity index (χ1v) is 4.82. The summed E-state index contributed by atoms with van der Waals surface area (Å²) in [5.74, 6) is -0.807. The molecule has 14 heavy (non-hydrogen) atoms. The number of carbonyl (C=O) groups is 1. The molecule has 1 N–H and O–H groups in total. The lowest BCUT2D eigenvalue weighted by Crippen LogP contribution is -2.00. The maximum Gasteiger partial charge on any atom is 0.307 e. The van der Waals surface area contributed by atoms with Gasteiger partial charge in [0.2, 0.25) is 0 Å². The molecule has 0 aromatic carbocycles. The van der Waals surface area contributed by atoms with Gasteiger partial charge in [-0.15, -0.1) is 0 Å². The fourth-order valence-corrected chi connectivity index (χ4v) is 1.94. The van der Waals surface area contributed by atoms with Gasteiger partial charge < -0.3 is 5.11 Å². The van der Waals surface area contributed by atoms with E-state index in [9.17, 15) is 4.79 Å². The van der Waals surface area contributed by atoms with Gasteiger partial charge in [-0.25, -0.2) is 4.98 Å². The molecule has 3 nitrogen and oxygen atoms in total. The number of hydrogen-bond acceptors (Lipinski definition) is 2. The second-order valence-corrected chi connectivity index (χ2v) is 4.04. The lowest BCUT2D eigenvalue weighted by atomic mass is 10.1. The smallest absolute Gasteiger partial charge is 0.307 e. The molecule has 1 aromatic heterocycles. The Labute approximate surface area is 86.7 Å². The fraction of sp³-hybridized carbons (Fsp3) is 0.400. The first-order valence-electron chi connectivity index (χ1n) is 4.44. The molecule has 4 heteroatoms. The summed E-state index contributed by atoms with van der Waals surface area (Å²) in [6.45, 7) is 1.93. The molecule has 1 aliphatic rings. The molecule has 0 amide bonds. The molecule has 2 rings (SSSR count). The molecule has 1 aromatic rings. The largest absolute Gasteiger partial charge is 0.481 e. The van der Waals surface area contributed by atoms with Gasteiger partial charge >= 0.3 is 5.97 Å². The van der Waals surface area contributed by atoms with Crippen molar-refractivity contribution in [2.45, 2.75) is 19.3 Å². The second kappa shape index (κ2) is 3.24. The van der Waals surface area contributed by atoms with E-state index in [0.29, 0.717) is 5.15 Å². The van der Waals surface area contributed by atoms with Gasteiger partial charge in [0.25, 0.3) is 0 Å². The zero-order valence-electron chi connectivity index (χ0n) is 7.70. The van der Waals surface area contributed by atoms with E-state index >= 15 is 0 Å². The van der Waals surface area contributed by atoms with E-state index < -0.39 is 5.97 Å². The van der Waals surface area contributed by atoms with Crippen LogP contribution in [-0.2, 0) is 4.79 Å². The van der Waals surface area contributed by atoms with Crippen LogP contribution in [0.15, 0.2) is 12.3 Å². The highest BCUT2D eigenvalue weighted by atomic mass is 35.5. The maximum atomic E-state index is 10.7. The number of nitrogens with zero attached hydrogens (tertiary/aromatic N) is 1. The van der Waals surface area contributed by atoms with E-state index in [1.54, 1.807) is 12.3 Å². The first kappa shape index (κ1) is 9.46. The molecule has 0 spiro atoms. The second-order valence-electron chi connectivity index (χ2n) is 3.65. The third kappa shape index (κ3) is 1.60. The number of rotatable bonds is 2. The van der Waals surface area contributed by atoms with E-state index in [1.807, 2.05) is 6.92 Å². The minimum atomic E-state index is -0.718. The number of aromatic nitrogens is 1. The molecule has 1 saturated carbocycles. The van der Waals surface area contributed by atoms with Crippen molar-refractivity contribution in [1.29, 1.82) is 0 Å². The minimum absolute atomic E-state index is 0.136. The van der Waals surface area contributed by atoms with Gasteiger partial charge in [0.1, 0.15) is 5.15 Å².